The van der Waals surface area contributed by atoms with Crippen LogP contribution in [0.5, 0.6) is 0 Å². The maximum Gasteiger partial charge on any atom is 0.238 e. The van der Waals surface area contributed by atoms with Crippen LogP contribution >= 0.6 is 0 Å². The van der Waals surface area contributed by atoms with Crippen molar-refractivity contribution >= 4 is 5.91 Å². The third kappa shape index (κ3) is 4.37. The molecule has 4 N–H and O–H groups in total. The molecular formula is C13H22N2O2. The molecule has 0 spiro atoms. The first-order valence-corrected chi connectivity index (χ1v) is 6.16. The first-order chi connectivity index (χ1) is 7.97. The van der Waals surface area contributed by atoms with E-state index in [9.17, 15) is 9.90 Å². The molecule has 96 valence electrons. The molecule has 1 aliphatic carbocycles. The van der Waals surface area contributed by atoms with Crippen LogP contribution in [-0.2, 0) is 4.79 Å². The molecule has 0 radical (unpaired) electrons. The van der Waals surface area contributed by atoms with E-state index in [0.717, 1.165) is 25.7 Å². The van der Waals surface area contributed by atoms with Crippen LogP contribution in [0.25, 0.3) is 0 Å². The SMILES string of the molecule is C#CCC(N)C(=O)NCC1(O)CCC(C)CC1. The zero-order chi connectivity index (χ0) is 12.9. The van der Waals surface area contributed by atoms with E-state index in [2.05, 4.69) is 18.2 Å². The Balaban J connectivity index is 2.35. The van der Waals surface area contributed by atoms with Crippen molar-refractivity contribution < 1.29 is 9.90 Å². The Hall–Kier alpha value is -1.05. The van der Waals surface area contributed by atoms with Crippen LogP contribution < -0.4 is 11.1 Å². The molecular weight excluding hydrogens is 216 g/mol. The molecule has 1 atom stereocenters. The van der Waals surface area contributed by atoms with Gasteiger partial charge in [-0.1, -0.05) is 6.92 Å². The molecule has 0 saturated heterocycles. The van der Waals surface area contributed by atoms with Gasteiger partial charge in [0, 0.05) is 13.0 Å². The summed E-state index contributed by atoms with van der Waals surface area (Å²) in [5.74, 6) is 2.73. The number of amides is 1. The molecule has 0 bridgehead atoms. The molecule has 0 aromatic carbocycles. The number of hydrogen-bond acceptors (Lipinski definition) is 3. The molecule has 0 aromatic heterocycles. The maximum atomic E-state index is 11.5. The van der Waals surface area contributed by atoms with Crippen LogP contribution in [0.15, 0.2) is 0 Å². The number of aliphatic hydroxyl groups is 1. The van der Waals surface area contributed by atoms with Crippen LogP contribution in [0.4, 0.5) is 0 Å². The zero-order valence-electron chi connectivity index (χ0n) is 10.4. The first-order valence-electron chi connectivity index (χ1n) is 6.16. The van der Waals surface area contributed by atoms with Crippen LogP contribution in [0.2, 0.25) is 0 Å². The number of carbonyl (C=O) groups is 1. The van der Waals surface area contributed by atoms with Crippen LogP contribution in [-0.4, -0.2) is 29.2 Å². The van der Waals surface area contributed by atoms with Crippen LogP contribution in [0.3, 0.4) is 0 Å². The zero-order valence-corrected chi connectivity index (χ0v) is 10.4. The lowest BCUT2D eigenvalue weighted by atomic mass is 9.79. The Kier molecular flexibility index (Phi) is 4.98. The molecule has 17 heavy (non-hydrogen) atoms. The van der Waals surface area contributed by atoms with Gasteiger partial charge in [-0.3, -0.25) is 4.79 Å². The van der Waals surface area contributed by atoms with Crippen molar-refractivity contribution in [1.29, 1.82) is 0 Å². The Morgan fingerprint density at radius 3 is 2.76 bits per heavy atom. The predicted molar refractivity (Wildman–Crippen MR) is 67.0 cm³/mol. The molecule has 0 aliphatic heterocycles. The highest BCUT2D eigenvalue weighted by atomic mass is 16.3. The standard InChI is InChI=1S/C13H22N2O2/c1-3-4-11(14)12(16)15-9-13(17)7-5-10(2)6-8-13/h1,10-11,17H,4-9,14H2,2H3,(H,15,16). The highest BCUT2D eigenvalue weighted by Gasteiger charge is 2.32. The quantitative estimate of drug-likeness (QED) is 0.620. The average molecular weight is 238 g/mol. The third-order valence-electron chi connectivity index (χ3n) is 3.47. The normalized spacial score (nSPS) is 30.4. The van der Waals surface area contributed by atoms with Gasteiger partial charge < -0.3 is 16.2 Å². The number of rotatable bonds is 4. The lowest BCUT2D eigenvalue weighted by Crippen LogP contribution is -2.49. The molecule has 1 amide bonds. The molecule has 1 unspecified atom stereocenters. The molecule has 0 aromatic rings. The molecule has 1 aliphatic rings. The number of nitrogens with one attached hydrogen (secondary N) is 1. The summed E-state index contributed by atoms with van der Waals surface area (Å²) in [5, 5.41) is 12.9. The van der Waals surface area contributed by atoms with Crippen molar-refractivity contribution in [3.05, 3.63) is 0 Å². The van der Waals surface area contributed by atoms with Gasteiger partial charge in [-0.25, -0.2) is 0 Å². The van der Waals surface area contributed by atoms with E-state index in [1.165, 1.54) is 0 Å². The van der Waals surface area contributed by atoms with E-state index in [1.54, 1.807) is 0 Å². The minimum atomic E-state index is -0.766. The Labute approximate surface area is 103 Å². The second-order valence-electron chi connectivity index (χ2n) is 5.14. The molecule has 1 rings (SSSR count). The lowest BCUT2D eigenvalue weighted by molar-refractivity contribution is -0.124. The highest BCUT2D eigenvalue weighted by Crippen LogP contribution is 2.31. The Morgan fingerprint density at radius 2 is 2.24 bits per heavy atom. The summed E-state index contributed by atoms with van der Waals surface area (Å²) in [6.07, 6.45) is 8.79. The van der Waals surface area contributed by atoms with E-state index in [4.69, 9.17) is 12.2 Å². The van der Waals surface area contributed by atoms with Gasteiger partial charge in [0.1, 0.15) is 0 Å². The van der Waals surface area contributed by atoms with Crippen LogP contribution in [0.1, 0.15) is 39.0 Å². The molecule has 4 heteroatoms. The summed E-state index contributed by atoms with van der Waals surface area (Å²) in [5.41, 5.74) is 4.81. The smallest absolute Gasteiger partial charge is 0.238 e. The summed E-state index contributed by atoms with van der Waals surface area (Å²) >= 11 is 0. The summed E-state index contributed by atoms with van der Waals surface area (Å²) in [7, 11) is 0. The maximum absolute atomic E-state index is 11.5. The van der Waals surface area contributed by atoms with Gasteiger partial charge in [0.25, 0.3) is 0 Å². The Bertz CT molecular complexity index is 301. The van der Waals surface area contributed by atoms with Crippen molar-refractivity contribution in [3.63, 3.8) is 0 Å². The van der Waals surface area contributed by atoms with Gasteiger partial charge in [0.15, 0.2) is 0 Å². The first kappa shape index (κ1) is 14.0. The molecule has 1 saturated carbocycles. The number of nitrogens with two attached hydrogens (primary N) is 1. The van der Waals surface area contributed by atoms with E-state index in [-0.39, 0.29) is 18.9 Å². The van der Waals surface area contributed by atoms with Gasteiger partial charge in [0.05, 0.1) is 11.6 Å². The fraction of sp³-hybridized carbons (Fsp3) is 0.769. The number of terminal acetylenes is 1. The average Bonchev–Trinajstić information content (AvgIpc) is 2.31. The monoisotopic (exact) mass is 238 g/mol. The molecule has 4 nitrogen and oxygen atoms in total. The molecule has 1 fully saturated rings. The lowest BCUT2D eigenvalue weighted by Gasteiger charge is -2.35. The van der Waals surface area contributed by atoms with Gasteiger partial charge in [-0.05, 0) is 31.6 Å². The van der Waals surface area contributed by atoms with Gasteiger partial charge in [-0.15, -0.1) is 12.3 Å². The fourth-order valence-corrected chi connectivity index (χ4v) is 2.08. The number of carbonyl (C=O) groups excluding carboxylic acids is 1. The van der Waals surface area contributed by atoms with Gasteiger partial charge in [-0.2, -0.15) is 0 Å². The second kappa shape index (κ2) is 6.04. The summed E-state index contributed by atoms with van der Waals surface area (Å²) < 4.78 is 0. The molecule has 0 heterocycles. The largest absolute Gasteiger partial charge is 0.388 e. The predicted octanol–water partition coefficient (Wildman–Crippen LogP) is 0.394. The van der Waals surface area contributed by atoms with E-state index < -0.39 is 11.6 Å². The Morgan fingerprint density at radius 1 is 1.65 bits per heavy atom. The fourth-order valence-electron chi connectivity index (χ4n) is 2.08. The van der Waals surface area contributed by atoms with Crippen molar-refractivity contribution in [1.82, 2.24) is 5.32 Å². The van der Waals surface area contributed by atoms with Crippen LogP contribution in [0, 0.1) is 18.3 Å². The van der Waals surface area contributed by atoms with Gasteiger partial charge in [0.2, 0.25) is 5.91 Å². The van der Waals surface area contributed by atoms with Crippen molar-refractivity contribution in [2.75, 3.05) is 6.54 Å². The minimum absolute atomic E-state index is 0.224. The van der Waals surface area contributed by atoms with Crippen molar-refractivity contribution in [3.8, 4) is 12.3 Å². The summed E-state index contributed by atoms with van der Waals surface area (Å²) in [6.45, 7) is 2.46. The second-order valence-corrected chi connectivity index (χ2v) is 5.14. The van der Waals surface area contributed by atoms with Gasteiger partial charge >= 0.3 is 0 Å². The van der Waals surface area contributed by atoms with Crippen molar-refractivity contribution in [2.24, 2.45) is 11.7 Å². The summed E-state index contributed by atoms with van der Waals surface area (Å²) in [6, 6.07) is -0.675. The summed E-state index contributed by atoms with van der Waals surface area (Å²) in [4.78, 5) is 11.5. The van der Waals surface area contributed by atoms with Crippen molar-refractivity contribution in [2.45, 2.75) is 50.7 Å². The minimum Gasteiger partial charge on any atom is -0.388 e. The van der Waals surface area contributed by atoms with E-state index >= 15 is 0 Å². The topological polar surface area (TPSA) is 75.4 Å². The van der Waals surface area contributed by atoms with E-state index in [1.807, 2.05) is 0 Å². The highest BCUT2D eigenvalue weighted by molar-refractivity contribution is 5.81. The van der Waals surface area contributed by atoms with E-state index in [0.29, 0.717) is 5.92 Å². The number of hydrogen-bond donors (Lipinski definition) is 3. The third-order valence-corrected chi connectivity index (χ3v) is 3.47.